The van der Waals surface area contributed by atoms with Crippen molar-refractivity contribution in [1.29, 1.82) is 0 Å². The predicted octanol–water partition coefficient (Wildman–Crippen LogP) is 3.79. The maximum Gasteiger partial charge on any atom is 0.511 e. The van der Waals surface area contributed by atoms with Crippen molar-refractivity contribution in [3.05, 3.63) is 92.1 Å². The summed E-state index contributed by atoms with van der Waals surface area (Å²) in [4.78, 5) is 37.2. The van der Waals surface area contributed by atoms with Gasteiger partial charge in [0.1, 0.15) is 0 Å². The monoisotopic (exact) mass is 502 g/mol. The number of hydrogen-bond acceptors (Lipinski definition) is 7. The van der Waals surface area contributed by atoms with Crippen LogP contribution in [0.15, 0.2) is 62.7 Å². The molecule has 186 valence electrons. The summed E-state index contributed by atoms with van der Waals surface area (Å²) in [6.45, 7) is 2.28. The first kappa shape index (κ1) is 24.4. The van der Waals surface area contributed by atoms with E-state index in [1.807, 2.05) is 0 Å². The standard InChI is InChI=1S/C23H17F3N4O6/c1-12-15(4-3-5-17(12)23(24,25)26)10-30-20(31)18(36-22(33)34)11-29(21(30)32)16-8-6-14(7-9-16)19-28-27-13(2)35-19/h3-9,11H,10H2,1-2H3,(H,33,34). The van der Waals surface area contributed by atoms with Crippen molar-refractivity contribution in [3.8, 4) is 22.9 Å². The zero-order valence-electron chi connectivity index (χ0n) is 18.7. The maximum atomic E-state index is 13.3. The molecule has 0 aliphatic rings. The number of rotatable bonds is 5. The van der Waals surface area contributed by atoms with E-state index >= 15 is 0 Å². The van der Waals surface area contributed by atoms with Crippen molar-refractivity contribution < 1.29 is 32.2 Å². The molecule has 1 N–H and O–H groups in total. The number of carboxylic acid groups (broad SMARTS) is 1. The second kappa shape index (κ2) is 9.17. The molecule has 0 spiro atoms. The van der Waals surface area contributed by atoms with Crippen LogP contribution in [0.1, 0.15) is 22.6 Å². The Balaban J connectivity index is 1.83. The summed E-state index contributed by atoms with van der Waals surface area (Å²) in [5.74, 6) is -0.132. The Morgan fingerprint density at radius 1 is 1.08 bits per heavy atom. The molecule has 0 aliphatic carbocycles. The highest BCUT2D eigenvalue weighted by Gasteiger charge is 2.33. The lowest BCUT2D eigenvalue weighted by molar-refractivity contribution is -0.138. The average Bonchev–Trinajstić information content (AvgIpc) is 3.25. The molecule has 0 radical (unpaired) electrons. The smallest absolute Gasteiger partial charge is 0.449 e. The Kier molecular flexibility index (Phi) is 6.23. The number of halogens is 3. The first-order chi connectivity index (χ1) is 17.0. The Labute approximate surface area is 199 Å². The van der Waals surface area contributed by atoms with E-state index in [2.05, 4.69) is 14.9 Å². The van der Waals surface area contributed by atoms with E-state index in [4.69, 9.17) is 9.52 Å². The molecular formula is C23H17F3N4O6. The van der Waals surface area contributed by atoms with E-state index in [1.165, 1.54) is 25.1 Å². The molecule has 0 fully saturated rings. The molecule has 0 amide bonds. The predicted molar refractivity (Wildman–Crippen MR) is 118 cm³/mol. The van der Waals surface area contributed by atoms with Gasteiger partial charge < -0.3 is 14.3 Å². The lowest BCUT2D eigenvalue weighted by Gasteiger charge is -2.16. The number of benzene rings is 2. The largest absolute Gasteiger partial charge is 0.511 e. The zero-order valence-corrected chi connectivity index (χ0v) is 18.7. The van der Waals surface area contributed by atoms with Gasteiger partial charge in [0.05, 0.1) is 24.0 Å². The lowest BCUT2D eigenvalue weighted by Crippen LogP contribution is -2.40. The van der Waals surface area contributed by atoms with Gasteiger partial charge in [-0.25, -0.2) is 9.59 Å². The summed E-state index contributed by atoms with van der Waals surface area (Å²) in [6, 6.07) is 9.45. The number of alkyl halides is 3. The van der Waals surface area contributed by atoms with Crippen LogP contribution in [0.2, 0.25) is 0 Å². The molecule has 2 aromatic carbocycles. The normalized spacial score (nSPS) is 11.5. The Morgan fingerprint density at radius 2 is 1.78 bits per heavy atom. The summed E-state index contributed by atoms with van der Waals surface area (Å²) in [5.41, 5.74) is -2.34. The second-order valence-corrected chi connectivity index (χ2v) is 7.67. The minimum absolute atomic E-state index is 0.0464. The van der Waals surface area contributed by atoms with Crippen LogP contribution >= 0.6 is 0 Å². The van der Waals surface area contributed by atoms with Crippen LogP contribution in [0.3, 0.4) is 0 Å². The average molecular weight is 502 g/mol. The Hall–Kier alpha value is -4.68. The molecule has 4 aromatic rings. The van der Waals surface area contributed by atoms with Gasteiger partial charge in [-0.15, -0.1) is 10.2 Å². The SMILES string of the molecule is Cc1nnc(-c2ccc(-n3cc(OC(=O)O)c(=O)n(Cc4cccc(C(F)(F)F)c4C)c3=O)cc2)o1. The van der Waals surface area contributed by atoms with Crippen molar-refractivity contribution in [1.82, 2.24) is 19.3 Å². The van der Waals surface area contributed by atoms with Crippen molar-refractivity contribution >= 4 is 6.16 Å². The molecule has 0 atom stereocenters. The Morgan fingerprint density at radius 3 is 2.36 bits per heavy atom. The minimum atomic E-state index is -4.64. The molecule has 4 rings (SSSR count). The fraction of sp³-hybridized carbons (Fsp3) is 0.174. The third-order valence-electron chi connectivity index (χ3n) is 5.33. The van der Waals surface area contributed by atoms with Gasteiger partial charge in [0, 0.05) is 12.5 Å². The second-order valence-electron chi connectivity index (χ2n) is 7.67. The molecule has 13 heteroatoms. The number of aryl methyl sites for hydroxylation is 1. The molecule has 0 unspecified atom stereocenters. The number of ether oxygens (including phenoxy) is 1. The molecule has 10 nitrogen and oxygen atoms in total. The van der Waals surface area contributed by atoms with Gasteiger partial charge in [0.25, 0.3) is 5.56 Å². The van der Waals surface area contributed by atoms with Crippen LogP contribution < -0.4 is 16.0 Å². The van der Waals surface area contributed by atoms with Gasteiger partial charge in [-0.05, 0) is 48.4 Å². The fourth-order valence-corrected chi connectivity index (χ4v) is 3.58. The minimum Gasteiger partial charge on any atom is -0.449 e. The maximum absolute atomic E-state index is 13.3. The summed E-state index contributed by atoms with van der Waals surface area (Å²) >= 11 is 0. The highest BCUT2D eigenvalue weighted by atomic mass is 19.4. The van der Waals surface area contributed by atoms with E-state index in [1.54, 1.807) is 19.1 Å². The molecule has 2 heterocycles. The molecule has 0 bridgehead atoms. The molecular weight excluding hydrogens is 485 g/mol. The van der Waals surface area contributed by atoms with Crippen molar-refractivity contribution in [2.24, 2.45) is 0 Å². The lowest BCUT2D eigenvalue weighted by atomic mass is 10.0. The highest BCUT2D eigenvalue weighted by Crippen LogP contribution is 2.33. The fourth-order valence-electron chi connectivity index (χ4n) is 3.58. The number of nitrogens with zero attached hydrogens (tertiary/aromatic N) is 4. The Bertz CT molecular complexity index is 1570. The van der Waals surface area contributed by atoms with Crippen molar-refractivity contribution in [2.45, 2.75) is 26.6 Å². The van der Waals surface area contributed by atoms with E-state index in [9.17, 15) is 27.6 Å². The van der Waals surface area contributed by atoms with Crippen LogP contribution in [0.5, 0.6) is 5.75 Å². The van der Waals surface area contributed by atoms with Gasteiger partial charge in [-0.2, -0.15) is 13.2 Å². The third-order valence-corrected chi connectivity index (χ3v) is 5.33. The van der Waals surface area contributed by atoms with Crippen LogP contribution in [0.4, 0.5) is 18.0 Å². The van der Waals surface area contributed by atoms with Crippen molar-refractivity contribution in [2.75, 3.05) is 0 Å². The van der Waals surface area contributed by atoms with Gasteiger partial charge in [-0.3, -0.25) is 13.9 Å². The third kappa shape index (κ3) is 4.76. The first-order valence-electron chi connectivity index (χ1n) is 10.3. The molecule has 0 saturated heterocycles. The molecule has 36 heavy (non-hydrogen) atoms. The van der Waals surface area contributed by atoms with E-state index in [0.29, 0.717) is 16.0 Å². The van der Waals surface area contributed by atoms with Gasteiger partial charge in [0.15, 0.2) is 0 Å². The van der Waals surface area contributed by atoms with Crippen LogP contribution in [0, 0.1) is 13.8 Å². The summed E-state index contributed by atoms with van der Waals surface area (Å²) in [7, 11) is 0. The number of carbonyl (C=O) groups is 1. The van der Waals surface area contributed by atoms with Gasteiger partial charge >= 0.3 is 18.0 Å². The van der Waals surface area contributed by atoms with Crippen LogP contribution in [-0.4, -0.2) is 30.6 Å². The summed E-state index contributed by atoms with van der Waals surface area (Å²) < 4.78 is 51.5. The van der Waals surface area contributed by atoms with Crippen LogP contribution in [-0.2, 0) is 12.7 Å². The van der Waals surface area contributed by atoms with Crippen LogP contribution in [0.25, 0.3) is 17.1 Å². The van der Waals surface area contributed by atoms with E-state index < -0.39 is 41.4 Å². The van der Waals surface area contributed by atoms with E-state index in [-0.39, 0.29) is 22.7 Å². The number of hydrogen-bond donors (Lipinski definition) is 1. The quantitative estimate of drug-likeness (QED) is 0.408. The van der Waals surface area contributed by atoms with Gasteiger partial charge in [-0.1, -0.05) is 12.1 Å². The van der Waals surface area contributed by atoms with Gasteiger partial charge in [0.2, 0.25) is 17.5 Å². The molecule has 0 aliphatic heterocycles. The topological polar surface area (TPSA) is 129 Å². The van der Waals surface area contributed by atoms with E-state index in [0.717, 1.165) is 22.9 Å². The highest BCUT2D eigenvalue weighted by molar-refractivity contribution is 5.61. The summed E-state index contributed by atoms with van der Waals surface area (Å²) in [6.07, 6.45) is -5.54. The molecule has 2 aromatic heterocycles. The summed E-state index contributed by atoms with van der Waals surface area (Å²) in [5, 5.41) is 16.7. The van der Waals surface area contributed by atoms with Crippen molar-refractivity contribution in [3.63, 3.8) is 0 Å². The molecule has 0 saturated carbocycles. The number of aromatic nitrogens is 4. The first-order valence-corrected chi connectivity index (χ1v) is 10.3. The zero-order chi connectivity index (χ0) is 26.2.